The van der Waals surface area contributed by atoms with Crippen LogP contribution in [0.2, 0.25) is 0 Å². The Morgan fingerprint density at radius 1 is 1.21 bits per heavy atom. The monoisotopic (exact) mass is 331 g/mol. The Morgan fingerprint density at radius 3 is 2.75 bits per heavy atom. The number of fused-ring (bicyclic) bond motifs is 1. The molecule has 1 aliphatic rings. The highest BCUT2D eigenvalue weighted by Crippen LogP contribution is 2.25. The molecule has 24 heavy (non-hydrogen) atoms. The van der Waals surface area contributed by atoms with Gasteiger partial charge in [0.1, 0.15) is 6.33 Å². The Balaban J connectivity index is 1.87. The van der Waals surface area contributed by atoms with Crippen molar-refractivity contribution >= 4 is 0 Å². The van der Waals surface area contributed by atoms with E-state index >= 15 is 0 Å². The highest BCUT2D eigenvalue weighted by Gasteiger charge is 2.22. The minimum Gasteiger partial charge on any atom is -0.478 e. The molecule has 3 heterocycles. The molecule has 0 aromatic carbocycles. The summed E-state index contributed by atoms with van der Waals surface area (Å²) in [4.78, 5) is 34.7. The lowest BCUT2D eigenvalue weighted by molar-refractivity contribution is 0.226. The zero-order valence-electron chi connectivity index (χ0n) is 14.2. The van der Waals surface area contributed by atoms with Crippen LogP contribution in [0.1, 0.15) is 23.9 Å². The average Bonchev–Trinajstić information content (AvgIpc) is 2.58. The lowest BCUT2D eigenvalue weighted by atomic mass is 10.1. The smallest absolute Gasteiger partial charge is 0.330 e. The van der Waals surface area contributed by atoms with Crippen LogP contribution in [-0.2, 0) is 33.6 Å². The van der Waals surface area contributed by atoms with E-state index in [9.17, 15) is 9.59 Å². The second-order valence-corrected chi connectivity index (χ2v) is 5.87. The van der Waals surface area contributed by atoms with Gasteiger partial charge in [0.2, 0.25) is 5.88 Å². The summed E-state index contributed by atoms with van der Waals surface area (Å²) in [6.07, 6.45) is 2.32. The van der Waals surface area contributed by atoms with E-state index in [2.05, 4.69) is 14.9 Å². The first-order valence-electron chi connectivity index (χ1n) is 7.95. The maximum atomic E-state index is 12.1. The van der Waals surface area contributed by atoms with E-state index in [4.69, 9.17) is 4.74 Å². The van der Waals surface area contributed by atoms with E-state index in [1.54, 1.807) is 7.05 Å². The Kier molecular flexibility index (Phi) is 4.48. The Morgan fingerprint density at radius 2 is 2.00 bits per heavy atom. The summed E-state index contributed by atoms with van der Waals surface area (Å²) in [7, 11) is 3.17. The third-order valence-corrected chi connectivity index (χ3v) is 4.33. The summed E-state index contributed by atoms with van der Waals surface area (Å²) in [6.45, 7) is 4.42. The third kappa shape index (κ3) is 2.96. The minimum absolute atomic E-state index is 0.288. The highest BCUT2D eigenvalue weighted by molar-refractivity contribution is 5.31. The summed E-state index contributed by atoms with van der Waals surface area (Å²) in [6, 6.07) is 1.52. The largest absolute Gasteiger partial charge is 0.478 e. The average molecular weight is 331 g/mol. The molecule has 0 radical (unpaired) electrons. The predicted octanol–water partition coefficient (Wildman–Crippen LogP) is -0.169. The summed E-state index contributed by atoms with van der Waals surface area (Å²) in [5.41, 5.74) is 2.08. The van der Waals surface area contributed by atoms with Crippen LogP contribution >= 0.6 is 0 Å². The van der Waals surface area contributed by atoms with Crippen molar-refractivity contribution in [3.8, 4) is 5.88 Å². The summed E-state index contributed by atoms with van der Waals surface area (Å²) in [5.74, 6) is 0.616. The van der Waals surface area contributed by atoms with Gasteiger partial charge in [0, 0.05) is 57.5 Å². The molecule has 0 spiro atoms. The number of rotatable bonds is 4. The fraction of sp³-hybridized carbons (Fsp3) is 0.500. The van der Waals surface area contributed by atoms with E-state index in [0.29, 0.717) is 31.3 Å². The van der Waals surface area contributed by atoms with E-state index in [1.165, 1.54) is 24.0 Å². The van der Waals surface area contributed by atoms with Crippen LogP contribution < -0.4 is 16.0 Å². The molecule has 0 N–H and O–H groups in total. The van der Waals surface area contributed by atoms with Crippen LogP contribution in [0.4, 0.5) is 0 Å². The van der Waals surface area contributed by atoms with Gasteiger partial charge in [0.05, 0.1) is 12.3 Å². The second kappa shape index (κ2) is 6.56. The first kappa shape index (κ1) is 16.4. The molecule has 1 aliphatic heterocycles. The normalized spacial score (nSPS) is 14.5. The van der Waals surface area contributed by atoms with E-state index in [-0.39, 0.29) is 11.2 Å². The molecule has 3 rings (SSSR count). The molecule has 0 atom stereocenters. The van der Waals surface area contributed by atoms with Crippen LogP contribution in [0, 0.1) is 0 Å². The zero-order chi connectivity index (χ0) is 17.3. The molecule has 8 nitrogen and oxygen atoms in total. The van der Waals surface area contributed by atoms with Crippen molar-refractivity contribution in [2.24, 2.45) is 14.1 Å². The predicted molar refractivity (Wildman–Crippen MR) is 87.9 cm³/mol. The summed E-state index contributed by atoms with van der Waals surface area (Å²) < 4.78 is 8.22. The quantitative estimate of drug-likeness (QED) is 0.774. The van der Waals surface area contributed by atoms with Crippen LogP contribution in [0.15, 0.2) is 22.0 Å². The van der Waals surface area contributed by atoms with E-state index in [0.717, 1.165) is 28.8 Å². The lowest BCUT2D eigenvalue weighted by Crippen LogP contribution is -2.40. The summed E-state index contributed by atoms with van der Waals surface area (Å²) >= 11 is 0. The first-order valence-corrected chi connectivity index (χ1v) is 7.95. The van der Waals surface area contributed by atoms with Crippen molar-refractivity contribution in [3.05, 3.63) is 50.2 Å². The molecule has 0 amide bonds. The molecule has 0 bridgehead atoms. The van der Waals surface area contributed by atoms with Crippen molar-refractivity contribution < 1.29 is 4.74 Å². The van der Waals surface area contributed by atoms with Crippen molar-refractivity contribution in [1.29, 1.82) is 0 Å². The fourth-order valence-corrected chi connectivity index (χ4v) is 2.93. The number of hydrogen-bond acceptors (Lipinski definition) is 6. The van der Waals surface area contributed by atoms with Crippen molar-refractivity contribution in [3.63, 3.8) is 0 Å². The van der Waals surface area contributed by atoms with E-state index < -0.39 is 0 Å². The van der Waals surface area contributed by atoms with Gasteiger partial charge in [-0.3, -0.25) is 18.8 Å². The highest BCUT2D eigenvalue weighted by atomic mass is 16.5. The van der Waals surface area contributed by atoms with Crippen molar-refractivity contribution in [2.75, 3.05) is 13.2 Å². The van der Waals surface area contributed by atoms with E-state index in [1.807, 2.05) is 6.92 Å². The zero-order valence-corrected chi connectivity index (χ0v) is 14.2. The molecule has 0 unspecified atom stereocenters. The van der Waals surface area contributed by atoms with Gasteiger partial charge in [-0.25, -0.2) is 14.8 Å². The Labute approximate surface area is 139 Å². The van der Waals surface area contributed by atoms with Gasteiger partial charge in [-0.05, 0) is 6.92 Å². The van der Waals surface area contributed by atoms with Gasteiger partial charge in [0.25, 0.3) is 5.56 Å². The Hall–Kier alpha value is -2.48. The number of hydrogen-bond donors (Lipinski definition) is 0. The van der Waals surface area contributed by atoms with Crippen molar-refractivity contribution in [1.82, 2.24) is 24.0 Å². The topological polar surface area (TPSA) is 82.2 Å². The molecule has 0 saturated carbocycles. The molecule has 0 saturated heterocycles. The molecular formula is C16H21N5O3. The van der Waals surface area contributed by atoms with Gasteiger partial charge < -0.3 is 4.74 Å². The maximum absolute atomic E-state index is 12.1. The molecule has 2 aromatic rings. The molecule has 128 valence electrons. The van der Waals surface area contributed by atoms with Crippen LogP contribution in [0.25, 0.3) is 0 Å². The fourth-order valence-electron chi connectivity index (χ4n) is 2.93. The molecule has 0 aliphatic carbocycles. The Bertz CT molecular complexity index is 871. The van der Waals surface area contributed by atoms with Crippen molar-refractivity contribution in [2.45, 2.75) is 26.4 Å². The SMILES string of the molecule is CCOc1ncnc2c1CN(Cc1cc(=O)n(C)c(=O)n1C)CC2. The lowest BCUT2D eigenvalue weighted by Gasteiger charge is -2.29. The minimum atomic E-state index is -0.312. The second-order valence-electron chi connectivity index (χ2n) is 5.87. The molecule has 0 fully saturated rings. The van der Waals surface area contributed by atoms with Gasteiger partial charge in [-0.1, -0.05) is 0 Å². The molecule has 2 aromatic heterocycles. The van der Waals surface area contributed by atoms with Crippen LogP contribution in [0.3, 0.4) is 0 Å². The number of nitrogens with zero attached hydrogens (tertiary/aromatic N) is 5. The first-order chi connectivity index (χ1) is 11.5. The standard InChI is InChI=1S/C16H21N5O3/c1-4-24-15-12-9-21(6-5-13(12)17-10-18-15)8-11-7-14(22)20(3)16(23)19(11)2/h7,10H,4-6,8-9H2,1-3H3. The molecular weight excluding hydrogens is 310 g/mol. The van der Waals surface area contributed by atoms with Crippen LogP contribution in [0.5, 0.6) is 5.88 Å². The van der Waals surface area contributed by atoms with Crippen LogP contribution in [-0.4, -0.2) is 37.2 Å². The van der Waals surface area contributed by atoms with Gasteiger partial charge in [0.15, 0.2) is 0 Å². The van der Waals surface area contributed by atoms with Gasteiger partial charge in [-0.15, -0.1) is 0 Å². The summed E-state index contributed by atoms with van der Waals surface area (Å²) in [5, 5.41) is 0. The maximum Gasteiger partial charge on any atom is 0.330 e. The number of aromatic nitrogens is 4. The van der Waals surface area contributed by atoms with Gasteiger partial charge >= 0.3 is 5.69 Å². The third-order valence-electron chi connectivity index (χ3n) is 4.33. The number of ether oxygens (including phenoxy) is 1. The molecule has 8 heteroatoms. The van der Waals surface area contributed by atoms with Gasteiger partial charge in [-0.2, -0.15) is 0 Å².